The van der Waals surface area contributed by atoms with Crippen molar-refractivity contribution in [2.24, 2.45) is 0 Å². The molecule has 1 aromatic rings. The van der Waals surface area contributed by atoms with E-state index in [0.717, 1.165) is 5.56 Å². The van der Waals surface area contributed by atoms with E-state index in [1.165, 1.54) is 0 Å². The lowest BCUT2D eigenvalue weighted by molar-refractivity contribution is -0.142. The summed E-state index contributed by atoms with van der Waals surface area (Å²) in [4.78, 5) is 3.98. The largest absolute Gasteiger partial charge is 0.398 e. The molecule has 0 atom stereocenters. The molecule has 15 heavy (non-hydrogen) atoms. The fourth-order valence-corrected chi connectivity index (χ4v) is 2.06. The van der Waals surface area contributed by atoms with Gasteiger partial charge in [-0.25, -0.2) is 0 Å². The SMILES string of the molecule is CCOC1CC(O)(c2cnccc2N)C1. The van der Waals surface area contributed by atoms with Gasteiger partial charge in [0.05, 0.1) is 11.7 Å². The highest BCUT2D eigenvalue weighted by atomic mass is 16.5. The molecular formula is C11H16N2O2. The van der Waals surface area contributed by atoms with Crippen LogP contribution in [0, 0.1) is 0 Å². The predicted molar refractivity (Wildman–Crippen MR) is 57.2 cm³/mol. The van der Waals surface area contributed by atoms with Gasteiger partial charge in [0.15, 0.2) is 0 Å². The maximum atomic E-state index is 10.3. The molecule has 1 heterocycles. The summed E-state index contributed by atoms with van der Waals surface area (Å²) in [5.74, 6) is 0. The Kier molecular flexibility index (Phi) is 2.63. The van der Waals surface area contributed by atoms with Crippen LogP contribution in [0.1, 0.15) is 25.3 Å². The number of aromatic nitrogens is 1. The molecule has 4 nitrogen and oxygen atoms in total. The lowest BCUT2D eigenvalue weighted by Crippen LogP contribution is -2.46. The minimum Gasteiger partial charge on any atom is -0.398 e. The van der Waals surface area contributed by atoms with Crippen LogP contribution < -0.4 is 5.73 Å². The number of nitrogens with two attached hydrogens (primary N) is 1. The van der Waals surface area contributed by atoms with E-state index in [1.807, 2.05) is 6.92 Å². The Morgan fingerprint density at radius 3 is 3.00 bits per heavy atom. The fourth-order valence-electron chi connectivity index (χ4n) is 2.06. The van der Waals surface area contributed by atoms with Crippen molar-refractivity contribution in [3.8, 4) is 0 Å². The molecule has 1 aliphatic carbocycles. The molecule has 1 saturated carbocycles. The number of rotatable bonds is 3. The van der Waals surface area contributed by atoms with Gasteiger partial charge in [-0.3, -0.25) is 4.98 Å². The first-order valence-corrected chi connectivity index (χ1v) is 5.19. The molecule has 3 N–H and O–H groups in total. The molecule has 0 aliphatic heterocycles. The maximum Gasteiger partial charge on any atom is 0.0980 e. The molecule has 2 rings (SSSR count). The van der Waals surface area contributed by atoms with E-state index < -0.39 is 5.60 Å². The monoisotopic (exact) mass is 208 g/mol. The van der Waals surface area contributed by atoms with Crippen LogP contribution in [0.25, 0.3) is 0 Å². The van der Waals surface area contributed by atoms with Crippen molar-refractivity contribution in [2.45, 2.75) is 31.5 Å². The molecule has 1 fully saturated rings. The summed E-state index contributed by atoms with van der Waals surface area (Å²) in [6, 6.07) is 1.71. The fraction of sp³-hybridized carbons (Fsp3) is 0.545. The van der Waals surface area contributed by atoms with Crippen LogP contribution in [0.2, 0.25) is 0 Å². The van der Waals surface area contributed by atoms with Crippen LogP contribution in [-0.4, -0.2) is 22.8 Å². The van der Waals surface area contributed by atoms with E-state index in [2.05, 4.69) is 4.98 Å². The van der Waals surface area contributed by atoms with Crippen molar-refractivity contribution in [3.63, 3.8) is 0 Å². The highest BCUT2D eigenvalue weighted by Gasteiger charge is 2.45. The van der Waals surface area contributed by atoms with Gasteiger partial charge in [-0.15, -0.1) is 0 Å². The van der Waals surface area contributed by atoms with Crippen LogP contribution in [0.4, 0.5) is 5.69 Å². The molecular weight excluding hydrogens is 192 g/mol. The molecule has 0 aromatic carbocycles. The standard InChI is InChI=1S/C11H16N2O2/c1-2-15-8-5-11(14,6-8)9-7-13-4-3-10(9)12/h3-4,7-8,14H,2,5-6H2,1H3,(H2,12,13). The summed E-state index contributed by atoms with van der Waals surface area (Å²) in [6.07, 6.45) is 4.63. The van der Waals surface area contributed by atoms with Crippen LogP contribution in [0.5, 0.6) is 0 Å². The number of ether oxygens (including phenoxy) is 1. The van der Waals surface area contributed by atoms with Crippen LogP contribution in [0.3, 0.4) is 0 Å². The average molecular weight is 208 g/mol. The Balaban J connectivity index is 2.10. The van der Waals surface area contributed by atoms with Gasteiger partial charge in [0.2, 0.25) is 0 Å². The van der Waals surface area contributed by atoms with Gasteiger partial charge in [-0.05, 0) is 13.0 Å². The molecule has 0 unspecified atom stereocenters. The van der Waals surface area contributed by atoms with Gasteiger partial charge in [0.1, 0.15) is 0 Å². The zero-order valence-electron chi connectivity index (χ0n) is 8.81. The zero-order chi connectivity index (χ0) is 10.9. The highest BCUT2D eigenvalue weighted by Crippen LogP contribution is 2.44. The van der Waals surface area contributed by atoms with Gasteiger partial charge in [0, 0.05) is 43.1 Å². The number of nitrogens with zero attached hydrogens (tertiary/aromatic N) is 1. The van der Waals surface area contributed by atoms with E-state index >= 15 is 0 Å². The third-order valence-corrected chi connectivity index (χ3v) is 2.89. The van der Waals surface area contributed by atoms with Gasteiger partial charge >= 0.3 is 0 Å². The molecule has 0 spiro atoms. The molecule has 1 aliphatic rings. The second-order valence-corrected chi connectivity index (χ2v) is 3.98. The predicted octanol–water partition coefficient (Wildman–Crippen LogP) is 1.05. The molecule has 0 bridgehead atoms. The molecule has 0 saturated heterocycles. The van der Waals surface area contributed by atoms with Crippen LogP contribution in [0.15, 0.2) is 18.5 Å². The normalized spacial score (nSPS) is 29.9. The molecule has 82 valence electrons. The van der Waals surface area contributed by atoms with E-state index in [0.29, 0.717) is 25.1 Å². The summed E-state index contributed by atoms with van der Waals surface area (Å²) < 4.78 is 5.41. The number of aliphatic hydroxyl groups is 1. The second kappa shape index (κ2) is 3.79. The molecule has 4 heteroatoms. The molecule has 0 amide bonds. The van der Waals surface area contributed by atoms with E-state index in [-0.39, 0.29) is 6.10 Å². The van der Waals surface area contributed by atoms with Crippen LogP contribution in [-0.2, 0) is 10.3 Å². The molecule has 0 radical (unpaired) electrons. The van der Waals surface area contributed by atoms with Crippen molar-refractivity contribution in [3.05, 3.63) is 24.0 Å². The quantitative estimate of drug-likeness (QED) is 0.779. The topological polar surface area (TPSA) is 68.4 Å². The first-order valence-electron chi connectivity index (χ1n) is 5.19. The number of anilines is 1. The van der Waals surface area contributed by atoms with E-state index in [1.54, 1.807) is 18.5 Å². The number of pyridine rings is 1. The smallest absolute Gasteiger partial charge is 0.0980 e. The minimum atomic E-state index is -0.835. The van der Waals surface area contributed by atoms with Crippen molar-refractivity contribution in [1.29, 1.82) is 0 Å². The van der Waals surface area contributed by atoms with Gasteiger partial charge < -0.3 is 15.6 Å². The van der Waals surface area contributed by atoms with Gasteiger partial charge in [-0.2, -0.15) is 0 Å². The Hall–Kier alpha value is -1.13. The third kappa shape index (κ3) is 1.82. The van der Waals surface area contributed by atoms with Crippen molar-refractivity contribution in [1.82, 2.24) is 4.98 Å². The second-order valence-electron chi connectivity index (χ2n) is 3.98. The summed E-state index contributed by atoms with van der Waals surface area (Å²) in [6.45, 7) is 2.64. The van der Waals surface area contributed by atoms with Gasteiger partial charge in [-0.1, -0.05) is 0 Å². The number of hydrogen-bond acceptors (Lipinski definition) is 4. The van der Waals surface area contributed by atoms with Crippen LogP contribution >= 0.6 is 0 Å². The van der Waals surface area contributed by atoms with E-state index in [4.69, 9.17) is 10.5 Å². The summed E-state index contributed by atoms with van der Waals surface area (Å²) in [7, 11) is 0. The number of hydrogen-bond donors (Lipinski definition) is 2. The Bertz CT molecular complexity index is 348. The highest BCUT2D eigenvalue weighted by molar-refractivity contribution is 5.48. The summed E-state index contributed by atoms with van der Waals surface area (Å²) in [5.41, 5.74) is 6.28. The lowest BCUT2D eigenvalue weighted by Gasteiger charge is -2.43. The van der Waals surface area contributed by atoms with Crippen molar-refractivity contribution in [2.75, 3.05) is 12.3 Å². The van der Waals surface area contributed by atoms with Crippen molar-refractivity contribution >= 4 is 5.69 Å². The Labute approximate surface area is 89.1 Å². The first kappa shape index (κ1) is 10.4. The maximum absolute atomic E-state index is 10.3. The third-order valence-electron chi connectivity index (χ3n) is 2.89. The first-order chi connectivity index (χ1) is 7.15. The van der Waals surface area contributed by atoms with Gasteiger partial charge in [0.25, 0.3) is 0 Å². The van der Waals surface area contributed by atoms with Crippen molar-refractivity contribution < 1.29 is 9.84 Å². The summed E-state index contributed by atoms with van der Waals surface area (Å²) >= 11 is 0. The van der Waals surface area contributed by atoms with E-state index in [9.17, 15) is 5.11 Å². The Morgan fingerprint density at radius 1 is 1.67 bits per heavy atom. The average Bonchev–Trinajstić information content (AvgIpc) is 2.16. The summed E-state index contributed by atoms with van der Waals surface area (Å²) in [5, 5.41) is 10.3. The lowest BCUT2D eigenvalue weighted by atomic mass is 9.73. The Morgan fingerprint density at radius 2 is 2.40 bits per heavy atom. The molecule has 1 aromatic heterocycles. The number of nitrogen functional groups attached to an aromatic ring is 1. The zero-order valence-corrected chi connectivity index (χ0v) is 8.81. The minimum absolute atomic E-state index is 0.152.